The van der Waals surface area contributed by atoms with Crippen molar-refractivity contribution in [1.82, 2.24) is 20.5 Å². The van der Waals surface area contributed by atoms with Crippen LogP contribution in [0.15, 0.2) is 35.5 Å². The molecule has 7 heteroatoms. The van der Waals surface area contributed by atoms with Gasteiger partial charge < -0.3 is 20.5 Å². The van der Waals surface area contributed by atoms with Gasteiger partial charge in [0.2, 0.25) is 5.91 Å². The molecule has 0 fully saturated rings. The second kappa shape index (κ2) is 11.1. The van der Waals surface area contributed by atoms with E-state index in [1.807, 2.05) is 6.07 Å². The summed E-state index contributed by atoms with van der Waals surface area (Å²) in [7, 11) is 3.48. The van der Waals surface area contributed by atoms with Crippen LogP contribution >= 0.6 is 24.0 Å². The lowest BCUT2D eigenvalue weighted by molar-refractivity contribution is -0.127. The zero-order valence-corrected chi connectivity index (χ0v) is 18.3. The number of benzene rings is 1. The number of para-hydroxylation sites is 1. The van der Waals surface area contributed by atoms with Gasteiger partial charge in [-0.3, -0.25) is 4.79 Å². The van der Waals surface area contributed by atoms with Gasteiger partial charge in [-0.15, -0.1) is 24.0 Å². The zero-order chi connectivity index (χ0) is 18.2. The van der Waals surface area contributed by atoms with E-state index in [4.69, 9.17) is 0 Å². The average molecular weight is 471 g/mol. The highest BCUT2D eigenvalue weighted by atomic mass is 127. The number of guanidine groups is 1. The van der Waals surface area contributed by atoms with Crippen molar-refractivity contribution in [3.05, 3.63) is 36.0 Å². The van der Waals surface area contributed by atoms with Crippen LogP contribution in [0.3, 0.4) is 0 Å². The van der Waals surface area contributed by atoms with E-state index >= 15 is 0 Å². The Kier molecular flexibility index (Phi) is 9.47. The lowest BCUT2D eigenvalue weighted by Crippen LogP contribution is -2.41. The molecule has 1 heterocycles. The number of aromatic amines is 1. The summed E-state index contributed by atoms with van der Waals surface area (Å²) < 4.78 is 0. The highest BCUT2D eigenvalue weighted by Crippen LogP contribution is 2.17. The summed E-state index contributed by atoms with van der Waals surface area (Å²) in [5.41, 5.74) is 2.43. The lowest BCUT2D eigenvalue weighted by atomic mass is 10.1. The molecule has 1 aromatic carbocycles. The smallest absolute Gasteiger partial charge is 0.243 e. The molecule has 0 saturated heterocycles. The fourth-order valence-electron chi connectivity index (χ4n) is 2.42. The van der Waals surface area contributed by atoms with Gasteiger partial charge in [-0.2, -0.15) is 0 Å². The van der Waals surface area contributed by atoms with E-state index in [1.54, 1.807) is 19.0 Å². The minimum absolute atomic E-state index is 0. The van der Waals surface area contributed by atoms with Crippen molar-refractivity contribution in [3.8, 4) is 0 Å². The number of hydrogen-bond acceptors (Lipinski definition) is 2. The van der Waals surface area contributed by atoms with Crippen molar-refractivity contribution in [3.63, 3.8) is 0 Å². The molecular weight excluding hydrogens is 441 g/mol. The van der Waals surface area contributed by atoms with Crippen LogP contribution in [0, 0.1) is 5.92 Å². The minimum atomic E-state index is -0.0118. The fraction of sp³-hybridized carbons (Fsp3) is 0.474. The van der Waals surface area contributed by atoms with Gasteiger partial charge in [0.1, 0.15) is 6.54 Å². The Balaban J connectivity index is 0.00000338. The molecule has 0 aliphatic rings. The van der Waals surface area contributed by atoms with Gasteiger partial charge in [0, 0.05) is 44.3 Å². The van der Waals surface area contributed by atoms with Gasteiger partial charge in [0.15, 0.2) is 5.96 Å². The molecule has 0 aliphatic carbocycles. The molecule has 0 aliphatic heterocycles. The fourth-order valence-corrected chi connectivity index (χ4v) is 2.42. The Morgan fingerprint density at radius 2 is 1.96 bits per heavy atom. The molecule has 3 N–H and O–H groups in total. The van der Waals surface area contributed by atoms with Crippen molar-refractivity contribution in [2.75, 3.05) is 33.7 Å². The summed E-state index contributed by atoms with van der Waals surface area (Å²) in [5.74, 6) is 1.18. The largest absolute Gasteiger partial charge is 0.361 e. The Bertz CT molecular complexity index is 724. The molecule has 0 saturated carbocycles. The molecule has 2 aromatic rings. The number of aromatic nitrogens is 1. The maximum absolute atomic E-state index is 11.8. The Morgan fingerprint density at radius 1 is 1.23 bits per heavy atom. The molecule has 0 spiro atoms. The number of aliphatic imine (C=N–C) groups is 1. The van der Waals surface area contributed by atoms with E-state index in [9.17, 15) is 4.79 Å². The third-order valence-electron chi connectivity index (χ3n) is 3.91. The summed E-state index contributed by atoms with van der Waals surface area (Å²) in [6, 6.07) is 8.29. The van der Waals surface area contributed by atoms with Crippen molar-refractivity contribution in [2.45, 2.75) is 20.3 Å². The monoisotopic (exact) mass is 471 g/mol. The first-order chi connectivity index (χ1) is 12.0. The van der Waals surface area contributed by atoms with Crippen molar-refractivity contribution in [1.29, 1.82) is 0 Å². The molecule has 144 valence electrons. The number of nitrogens with one attached hydrogen (secondary N) is 3. The first-order valence-corrected chi connectivity index (χ1v) is 8.74. The number of H-pyrrole nitrogens is 1. The summed E-state index contributed by atoms with van der Waals surface area (Å²) in [4.78, 5) is 21.0. The van der Waals surface area contributed by atoms with Gasteiger partial charge in [-0.05, 0) is 24.0 Å². The van der Waals surface area contributed by atoms with Crippen LogP contribution in [0.25, 0.3) is 10.9 Å². The van der Waals surface area contributed by atoms with Gasteiger partial charge in [-0.25, -0.2) is 4.99 Å². The number of amides is 1. The molecule has 0 radical (unpaired) electrons. The van der Waals surface area contributed by atoms with Crippen LogP contribution in [0.2, 0.25) is 0 Å². The standard InChI is InChI=1S/C19H29N5O.HI/c1-14(2)11-22-19(23-13-18(25)24(3)4)20-10-9-15-12-21-17-8-6-5-7-16(15)17;/h5-8,12,14,21H,9-11,13H2,1-4H3,(H2,20,22,23);1H. The third kappa shape index (κ3) is 6.86. The van der Waals surface area contributed by atoms with Gasteiger partial charge in [0.05, 0.1) is 0 Å². The van der Waals surface area contributed by atoms with Crippen LogP contribution < -0.4 is 10.6 Å². The number of carbonyl (C=O) groups is 1. The maximum Gasteiger partial charge on any atom is 0.243 e. The Hall–Kier alpha value is -1.77. The molecule has 2 rings (SSSR count). The van der Waals surface area contributed by atoms with E-state index in [1.165, 1.54) is 10.9 Å². The molecule has 1 amide bonds. The number of carbonyl (C=O) groups excluding carboxylic acids is 1. The quantitative estimate of drug-likeness (QED) is 0.330. The van der Waals surface area contributed by atoms with E-state index in [0.717, 1.165) is 25.0 Å². The van der Waals surface area contributed by atoms with Crippen LogP contribution in [0.5, 0.6) is 0 Å². The summed E-state index contributed by atoms with van der Waals surface area (Å²) >= 11 is 0. The minimum Gasteiger partial charge on any atom is -0.361 e. The zero-order valence-electron chi connectivity index (χ0n) is 16.0. The Labute approximate surface area is 172 Å². The summed E-state index contributed by atoms with van der Waals surface area (Å²) in [6.45, 7) is 5.99. The van der Waals surface area contributed by atoms with Crippen LogP contribution in [-0.4, -0.2) is 55.5 Å². The van der Waals surface area contributed by atoms with Crippen molar-refractivity contribution in [2.24, 2.45) is 10.9 Å². The molecule has 1 aromatic heterocycles. The molecule has 0 atom stereocenters. The van der Waals surface area contributed by atoms with E-state index in [-0.39, 0.29) is 36.4 Å². The number of fused-ring (bicyclic) bond motifs is 1. The predicted molar refractivity (Wildman–Crippen MR) is 119 cm³/mol. The van der Waals surface area contributed by atoms with Gasteiger partial charge in [0.25, 0.3) is 0 Å². The lowest BCUT2D eigenvalue weighted by Gasteiger charge is -2.15. The molecule has 6 nitrogen and oxygen atoms in total. The SMILES string of the molecule is CC(C)CNC(=NCC(=O)N(C)C)NCCc1c[nH]c2ccccc12.I. The number of hydrogen-bond donors (Lipinski definition) is 3. The molecule has 0 bridgehead atoms. The van der Waals surface area contributed by atoms with Crippen LogP contribution in [-0.2, 0) is 11.2 Å². The Morgan fingerprint density at radius 3 is 2.65 bits per heavy atom. The highest BCUT2D eigenvalue weighted by Gasteiger charge is 2.06. The first-order valence-electron chi connectivity index (χ1n) is 8.74. The third-order valence-corrected chi connectivity index (χ3v) is 3.91. The summed E-state index contributed by atoms with van der Waals surface area (Å²) in [5, 5.41) is 7.87. The maximum atomic E-state index is 11.8. The van der Waals surface area contributed by atoms with E-state index in [2.05, 4.69) is 58.9 Å². The number of likely N-dealkylation sites (N-methyl/N-ethyl adjacent to an activating group) is 1. The number of rotatable bonds is 7. The number of nitrogens with zero attached hydrogens (tertiary/aromatic N) is 2. The molecule has 26 heavy (non-hydrogen) atoms. The highest BCUT2D eigenvalue weighted by molar-refractivity contribution is 14.0. The van der Waals surface area contributed by atoms with Gasteiger partial charge >= 0.3 is 0 Å². The van der Waals surface area contributed by atoms with Crippen molar-refractivity contribution < 1.29 is 4.79 Å². The van der Waals surface area contributed by atoms with Crippen LogP contribution in [0.4, 0.5) is 0 Å². The van der Waals surface area contributed by atoms with E-state index < -0.39 is 0 Å². The summed E-state index contributed by atoms with van der Waals surface area (Å²) in [6.07, 6.45) is 2.94. The topological polar surface area (TPSA) is 72.5 Å². The first kappa shape index (κ1) is 22.3. The van der Waals surface area contributed by atoms with Gasteiger partial charge in [-0.1, -0.05) is 32.0 Å². The second-order valence-electron chi connectivity index (χ2n) is 6.76. The average Bonchev–Trinajstić information content (AvgIpc) is 2.99. The van der Waals surface area contributed by atoms with Crippen LogP contribution in [0.1, 0.15) is 19.4 Å². The normalized spacial score (nSPS) is 11.3. The second-order valence-corrected chi connectivity index (χ2v) is 6.76. The predicted octanol–water partition coefficient (Wildman–Crippen LogP) is 2.61. The van der Waals surface area contributed by atoms with Crippen molar-refractivity contribution >= 4 is 46.7 Å². The molecular formula is C19H30IN5O. The molecule has 0 unspecified atom stereocenters. The number of halogens is 1. The van der Waals surface area contributed by atoms with E-state index in [0.29, 0.717) is 11.9 Å².